The normalized spacial score (nSPS) is 16.9. The molecule has 0 bridgehead atoms. The molecule has 13 heteroatoms. The van der Waals surface area contributed by atoms with Gasteiger partial charge in [-0.3, -0.25) is 9.59 Å². The van der Waals surface area contributed by atoms with Gasteiger partial charge in [0.05, 0.1) is 10.6 Å². The fourth-order valence-corrected chi connectivity index (χ4v) is 6.43. The van der Waals surface area contributed by atoms with Gasteiger partial charge in [0.25, 0.3) is 21.5 Å². The number of aromatic nitrogens is 2. The van der Waals surface area contributed by atoms with E-state index >= 15 is 0 Å². The lowest BCUT2D eigenvalue weighted by Crippen LogP contribution is -2.35. The fourth-order valence-electron chi connectivity index (χ4n) is 4.58. The van der Waals surface area contributed by atoms with Crippen molar-refractivity contribution in [3.63, 3.8) is 0 Å². The first kappa shape index (κ1) is 25.0. The fraction of sp³-hybridized carbons (Fsp3) is 0.333. The first-order valence-corrected chi connectivity index (χ1v) is 14.1. The summed E-state index contributed by atoms with van der Waals surface area (Å²) >= 11 is 1.34. The summed E-state index contributed by atoms with van der Waals surface area (Å²) in [5.41, 5.74) is 4.51. The summed E-state index contributed by atoms with van der Waals surface area (Å²) in [4.78, 5) is 25.0. The molecule has 11 nitrogen and oxygen atoms in total. The van der Waals surface area contributed by atoms with Crippen LogP contribution in [-0.2, 0) is 21.4 Å². The van der Waals surface area contributed by atoms with Crippen LogP contribution in [0.4, 0.5) is 5.69 Å². The van der Waals surface area contributed by atoms with Crippen LogP contribution in [0.5, 0.6) is 11.5 Å². The molecular formula is C24H25N5O6S2. The molecule has 5 rings (SSSR count). The van der Waals surface area contributed by atoms with Crippen molar-refractivity contribution in [2.75, 3.05) is 11.9 Å². The van der Waals surface area contributed by atoms with E-state index in [1.165, 1.54) is 34.2 Å². The number of primary amides is 1. The van der Waals surface area contributed by atoms with E-state index in [4.69, 9.17) is 10.5 Å². The third-order valence-corrected chi connectivity index (χ3v) is 8.55. The van der Waals surface area contributed by atoms with E-state index in [0.29, 0.717) is 11.4 Å². The number of ether oxygens (including phenoxy) is 1. The summed E-state index contributed by atoms with van der Waals surface area (Å²) in [6.07, 6.45) is 5.26. The Morgan fingerprint density at radius 1 is 1.24 bits per heavy atom. The number of amidine groups is 1. The molecule has 3 heterocycles. The van der Waals surface area contributed by atoms with Crippen LogP contribution in [0.15, 0.2) is 49.8 Å². The molecule has 0 unspecified atom stereocenters. The molecule has 1 aliphatic heterocycles. The number of nitrogens with one attached hydrogen (secondary N) is 1. The molecule has 37 heavy (non-hydrogen) atoms. The average molecular weight is 544 g/mol. The molecule has 1 saturated carbocycles. The van der Waals surface area contributed by atoms with Gasteiger partial charge in [-0.1, -0.05) is 25.3 Å². The summed E-state index contributed by atoms with van der Waals surface area (Å²) in [5, 5.41) is 20.3. The summed E-state index contributed by atoms with van der Waals surface area (Å²) in [5.74, 6) is -1.07. The maximum Gasteiger partial charge on any atom is 0.286 e. The number of sulfonamides is 1. The minimum atomic E-state index is -4.29. The van der Waals surface area contributed by atoms with E-state index in [1.807, 2.05) is 5.38 Å². The molecule has 0 radical (unpaired) electrons. The molecule has 194 valence electrons. The van der Waals surface area contributed by atoms with Crippen molar-refractivity contribution in [1.82, 2.24) is 9.78 Å². The smallest absolute Gasteiger partial charge is 0.286 e. The molecule has 1 amide bonds. The van der Waals surface area contributed by atoms with Gasteiger partial charge in [-0.05, 0) is 42.3 Å². The standard InChI is InChI=1S/C24H25N5O6S2/c25-19(30)13-35-15-8-9-16-18(11-15)37(33,34)28-23(26-16)20-22(31)21(17-7-4-10-36-17)27-29(24(20)32)12-14-5-2-1-3-6-14/h4,7-11,14,31H,1-3,5-6,12-13H2,(H2,25,30)(H,26,28). The molecule has 2 aliphatic rings. The second-order valence-corrected chi connectivity index (χ2v) is 11.5. The number of hydrogen-bond acceptors (Lipinski definition) is 9. The topological polar surface area (TPSA) is 166 Å². The lowest BCUT2D eigenvalue weighted by molar-refractivity contribution is -0.119. The Labute approximate surface area is 216 Å². The second-order valence-electron chi connectivity index (χ2n) is 8.99. The second kappa shape index (κ2) is 9.98. The van der Waals surface area contributed by atoms with Gasteiger partial charge in [0.15, 0.2) is 18.2 Å². The molecular weight excluding hydrogens is 518 g/mol. The largest absolute Gasteiger partial charge is 0.505 e. The molecule has 0 spiro atoms. The van der Waals surface area contributed by atoms with Crippen molar-refractivity contribution in [1.29, 1.82) is 0 Å². The Morgan fingerprint density at radius 2 is 2.03 bits per heavy atom. The van der Waals surface area contributed by atoms with E-state index < -0.39 is 33.8 Å². The number of carbonyl (C=O) groups excluding carboxylic acids is 1. The minimum Gasteiger partial charge on any atom is -0.505 e. The van der Waals surface area contributed by atoms with Crippen LogP contribution in [0.25, 0.3) is 10.6 Å². The molecule has 1 aliphatic carbocycles. The van der Waals surface area contributed by atoms with E-state index in [-0.39, 0.29) is 39.3 Å². The molecule has 4 N–H and O–H groups in total. The van der Waals surface area contributed by atoms with Gasteiger partial charge in [0.1, 0.15) is 21.9 Å². The lowest BCUT2D eigenvalue weighted by atomic mass is 9.89. The van der Waals surface area contributed by atoms with Crippen LogP contribution in [0.1, 0.15) is 37.7 Å². The van der Waals surface area contributed by atoms with Crippen LogP contribution in [0.3, 0.4) is 0 Å². The number of rotatable bonds is 7. The molecule has 2 aromatic heterocycles. The Kier molecular flexibility index (Phi) is 6.73. The highest BCUT2D eigenvalue weighted by atomic mass is 32.2. The highest BCUT2D eigenvalue weighted by Gasteiger charge is 2.31. The number of aromatic hydroxyl groups is 1. The number of benzene rings is 1. The molecule has 1 fully saturated rings. The Hall–Kier alpha value is -3.71. The van der Waals surface area contributed by atoms with Crippen LogP contribution >= 0.6 is 11.3 Å². The van der Waals surface area contributed by atoms with Crippen molar-refractivity contribution in [2.45, 2.75) is 43.5 Å². The average Bonchev–Trinajstić information content (AvgIpc) is 3.40. The van der Waals surface area contributed by atoms with Gasteiger partial charge >= 0.3 is 0 Å². The third kappa shape index (κ3) is 5.09. The number of nitrogens with zero attached hydrogens (tertiary/aromatic N) is 3. The van der Waals surface area contributed by atoms with Gasteiger partial charge < -0.3 is 20.9 Å². The maximum atomic E-state index is 13.6. The zero-order valence-corrected chi connectivity index (χ0v) is 21.3. The minimum absolute atomic E-state index is 0.114. The monoisotopic (exact) mass is 543 g/mol. The zero-order chi connectivity index (χ0) is 26.2. The molecule has 0 atom stereocenters. The predicted octanol–water partition coefficient (Wildman–Crippen LogP) is 2.68. The highest BCUT2D eigenvalue weighted by molar-refractivity contribution is 7.90. The highest BCUT2D eigenvalue weighted by Crippen LogP contribution is 2.36. The van der Waals surface area contributed by atoms with Crippen LogP contribution in [-0.4, -0.2) is 41.7 Å². The number of carbonyl (C=O) groups is 1. The number of hydrogen-bond donors (Lipinski definition) is 3. The van der Waals surface area contributed by atoms with E-state index in [2.05, 4.69) is 14.8 Å². The Bertz CT molecular complexity index is 1540. The van der Waals surface area contributed by atoms with E-state index in [9.17, 15) is 23.1 Å². The molecule has 3 aromatic rings. The lowest BCUT2D eigenvalue weighted by Gasteiger charge is -2.23. The quantitative estimate of drug-likeness (QED) is 0.409. The van der Waals surface area contributed by atoms with Gasteiger partial charge in [-0.25, -0.2) is 4.68 Å². The Morgan fingerprint density at radius 3 is 2.73 bits per heavy atom. The van der Waals surface area contributed by atoms with Crippen molar-refractivity contribution in [2.24, 2.45) is 16.0 Å². The van der Waals surface area contributed by atoms with Gasteiger partial charge in [-0.15, -0.1) is 15.7 Å². The van der Waals surface area contributed by atoms with Crippen LogP contribution in [0, 0.1) is 5.92 Å². The Balaban J connectivity index is 1.59. The summed E-state index contributed by atoms with van der Waals surface area (Å²) in [6, 6.07) is 7.66. The van der Waals surface area contributed by atoms with Gasteiger partial charge in [-0.2, -0.15) is 13.5 Å². The van der Waals surface area contributed by atoms with Gasteiger partial charge in [0.2, 0.25) is 0 Å². The van der Waals surface area contributed by atoms with Crippen molar-refractivity contribution in [3.8, 4) is 22.1 Å². The number of fused-ring (bicyclic) bond motifs is 1. The molecule has 0 saturated heterocycles. The summed E-state index contributed by atoms with van der Waals surface area (Å²) < 4.78 is 36.6. The first-order chi connectivity index (χ1) is 17.7. The zero-order valence-electron chi connectivity index (χ0n) is 19.7. The summed E-state index contributed by atoms with van der Waals surface area (Å²) in [7, 11) is -4.29. The van der Waals surface area contributed by atoms with Crippen molar-refractivity contribution in [3.05, 3.63) is 51.6 Å². The van der Waals surface area contributed by atoms with Crippen molar-refractivity contribution >= 4 is 38.8 Å². The maximum absolute atomic E-state index is 13.6. The molecule has 1 aromatic carbocycles. The SMILES string of the molecule is NC(=O)COc1ccc2c(c1)S(=O)(=O)N=C(c1c(O)c(-c3cccs3)nn(CC3CCCCC3)c1=O)N2. The third-order valence-electron chi connectivity index (χ3n) is 6.35. The van der Waals surface area contributed by atoms with Gasteiger partial charge in [0, 0.05) is 12.6 Å². The van der Waals surface area contributed by atoms with E-state index in [1.54, 1.807) is 12.1 Å². The number of amides is 1. The summed E-state index contributed by atoms with van der Waals surface area (Å²) in [6.45, 7) is -0.0562. The predicted molar refractivity (Wildman–Crippen MR) is 139 cm³/mol. The van der Waals surface area contributed by atoms with Crippen molar-refractivity contribution < 1.29 is 23.1 Å². The number of anilines is 1. The number of thiophene rings is 1. The van der Waals surface area contributed by atoms with Crippen LogP contribution in [0.2, 0.25) is 0 Å². The number of nitrogens with two attached hydrogens (primary N) is 1. The van der Waals surface area contributed by atoms with E-state index in [0.717, 1.165) is 32.1 Å². The first-order valence-electron chi connectivity index (χ1n) is 11.8. The van der Waals surface area contributed by atoms with Crippen LogP contribution < -0.4 is 21.3 Å².